The van der Waals surface area contributed by atoms with Gasteiger partial charge in [-0.25, -0.2) is 4.39 Å². The second-order valence-corrected chi connectivity index (χ2v) is 7.91. The van der Waals surface area contributed by atoms with Crippen molar-refractivity contribution in [2.45, 2.75) is 19.9 Å². The average Bonchev–Trinajstić information content (AvgIpc) is 3.20. The predicted octanol–water partition coefficient (Wildman–Crippen LogP) is 6.18. The fourth-order valence-electron chi connectivity index (χ4n) is 3.36. The molecule has 4 aromatic rings. The highest BCUT2D eigenvalue weighted by atomic mass is 32.1. The molecule has 0 aliphatic heterocycles. The molecule has 0 spiro atoms. The van der Waals surface area contributed by atoms with E-state index in [4.69, 9.17) is 16.6 Å². The molecule has 0 aliphatic rings. The summed E-state index contributed by atoms with van der Waals surface area (Å²) in [6, 6.07) is 20.9. The summed E-state index contributed by atoms with van der Waals surface area (Å²) < 4.78 is 18.7. The highest BCUT2D eigenvalue weighted by Gasteiger charge is 2.14. The van der Waals surface area contributed by atoms with Gasteiger partial charge < -0.3 is 20.4 Å². The van der Waals surface area contributed by atoms with Gasteiger partial charge in [0.05, 0.1) is 6.04 Å². The van der Waals surface area contributed by atoms with Gasteiger partial charge in [0, 0.05) is 16.8 Å². The number of nitrogens with one attached hydrogen (secondary N) is 3. The summed E-state index contributed by atoms with van der Waals surface area (Å²) >= 11 is 5.40. The minimum Gasteiger partial charge on any atom is -0.451 e. The third-order valence-electron chi connectivity index (χ3n) is 5.10. The van der Waals surface area contributed by atoms with E-state index in [1.807, 2.05) is 56.3 Å². The molecule has 0 radical (unpaired) electrons. The molecule has 1 aromatic heterocycles. The maximum Gasteiger partial charge on any atom is 0.291 e. The Hall–Kier alpha value is -3.71. The third-order valence-corrected chi connectivity index (χ3v) is 5.32. The van der Waals surface area contributed by atoms with E-state index >= 15 is 0 Å². The summed E-state index contributed by atoms with van der Waals surface area (Å²) in [5, 5.41) is 10.5. The van der Waals surface area contributed by atoms with Gasteiger partial charge in [0.25, 0.3) is 5.91 Å². The van der Waals surface area contributed by atoms with E-state index in [9.17, 15) is 9.18 Å². The molecular weight excluding hydrogens is 425 g/mol. The molecule has 0 saturated carbocycles. The molecule has 3 N–H and O–H groups in total. The van der Waals surface area contributed by atoms with Crippen molar-refractivity contribution >= 4 is 45.6 Å². The number of thiocarbonyl (C=S) groups is 1. The number of amides is 1. The van der Waals surface area contributed by atoms with Gasteiger partial charge in [-0.05, 0) is 79.7 Å². The Morgan fingerprint density at radius 3 is 2.47 bits per heavy atom. The average molecular weight is 448 g/mol. The van der Waals surface area contributed by atoms with E-state index < -0.39 is 0 Å². The number of hydrogen-bond acceptors (Lipinski definition) is 3. The lowest BCUT2D eigenvalue weighted by Gasteiger charge is -2.18. The smallest absolute Gasteiger partial charge is 0.291 e. The van der Waals surface area contributed by atoms with Gasteiger partial charge in [0.2, 0.25) is 0 Å². The maximum absolute atomic E-state index is 13.1. The molecule has 32 heavy (non-hydrogen) atoms. The van der Waals surface area contributed by atoms with Gasteiger partial charge in [-0.15, -0.1) is 0 Å². The van der Waals surface area contributed by atoms with Crippen LogP contribution in [-0.2, 0) is 0 Å². The van der Waals surface area contributed by atoms with Crippen LogP contribution in [0, 0.1) is 12.7 Å². The van der Waals surface area contributed by atoms with E-state index in [0.717, 1.165) is 22.2 Å². The van der Waals surface area contributed by atoms with E-state index in [2.05, 4.69) is 16.0 Å². The number of anilines is 2. The lowest BCUT2D eigenvalue weighted by Crippen LogP contribution is -2.30. The van der Waals surface area contributed by atoms with Gasteiger partial charge in [0.15, 0.2) is 10.9 Å². The van der Waals surface area contributed by atoms with E-state index in [1.54, 1.807) is 18.2 Å². The van der Waals surface area contributed by atoms with Crippen LogP contribution in [0.15, 0.2) is 77.2 Å². The van der Waals surface area contributed by atoms with Crippen LogP contribution < -0.4 is 16.0 Å². The monoisotopic (exact) mass is 447 g/mol. The minimum atomic E-state index is -0.310. The fourth-order valence-corrected chi connectivity index (χ4v) is 3.65. The largest absolute Gasteiger partial charge is 0.451 e. The molecule has 0 bridgehead atoms. The zero-order chi connectivity index (χ0) is 22.7. The summed E-state index contributed by atoms with van der Waals surface area (Å²) in [5.74, 6) is -0.326. The first kappa shape index (κ1) is 21.5. The van der Waals surface area contributed by atoms with Crippen molar-refractivity contribution < 1.29 is 13.6 Å². The van der Waals surface area contributed by atoms with Gasteiger partial charge in [-0.1, -0.05) is 30.3 Å². The summed E-state index contributed by atoms with van der Waals surface area (Å²) in [6.07, 6.45) is 0. The van der Waals surface area contributed by atoms with Crippen LogP contribution in [0.25, 0.3) is 11.0 Å². The van der Waals surface area contributed by atoms with Gasteiger partial charge in [-0.3, -0.25) is 4.79 Å². The maximum atomic E-state index is 13.1. The molecule has 0 fully saturated rings. The number of carbonyl (C=O) groups excluding carboxylic acids is 1. The number of aryl methyl sites for hydroxylation is 1. The molecule has 3 aromatic carbocycles. The molecule has 5 nitrogen and oxygen atoms in total. The molecule has 4 rings (SSSR count). The molecule has 1 unspecified atom stereocenters. The van der Waals surface area contributed by atoms with Crippen molar-refractivity contribution in [2.75, 3.05) is 10.6 Å². The van der Waals surface area contributed by atoms with Crippen LogP contribution in [0.3, 0.4) is 0 Å². The van der Waals surface area contributed by atoms with Crippen LogP contribution in [0.4, 0.5) is 15.8 Å². The normalized spacial score (nSPS) is 11.7. The molecule has 0 saturated heterocycles. The van der Waals surface area contributed by atoms with Crippen molar-refractivity contribution in [1.29, 1.82) is 0 Å². The summed E-state index contributed by atoms with van der Waals surface area (Å²) in [4.78, 5) is 12.6. The highest BCUT2D eigenvalue weighted by Crippen LogP contribution is 2.23. The summed E-state index contributed by atoms with van der Waals surface area (Å²) in [5.41, 5.74) is 3.93. The van der Waals surface area contributed by atoms with Crippen LogP contribution in [0.1, 0.15) is 34.6 Å². The second kappa shape index (κ2) is 9.20. The molecule has 1 atom stereocenters. The minimum absolute atomic E-state index is 0.0842. The van der Waals surface area contributed by atoms with Gasteiger partial charge in [0.1, 0.15) is 11.4 Å². The number of para-hydroxylation sites is 1. The van der Waals surface area contributed by atoms with E-state index in [-0.39, 0.29) is 23.5 Å². The van der Waals surface area contributed by atoms with Crippen LogP contribution in [-0.4, -0.2) is 11.0 Å². The first-order valence-electron chi connectivity index (χ1n) is 10.1. The summed E-state index contributed by atoms with van der Waals surface area (Å²) in [6.45, 7) is 3.85. The Morgan fingerprint density at radius 2 is 1.75 bits per heavy atom. The van der Waals surface area contributed by atoms with Crippen LogP contribution in [0.5, 0.6) is 0 Å². The highest BCUT2D eigenvalue weighted by molar-refractivity contribution is 7.80. The fraction of sp³-hybridized carbons (Fsp3) is 0.120. The molecular formula is C25H22FN3O2S. The van der Waals surface area contributed by atoms with Crippen LogP contribution >= 0.6 is 12.2 Å². The zero-order valence-corrected chi connectivity index (χ0v) is 18.4. The van der Waals surface area contributed by atoms with Crippen LogP contribution in [0.2, 0.25) is 0 Å². The number of halogens is 1. The molecule has 1 amide bonds. The summed E-state index contributed by atoms with van der Waals surface area (Å²) in [7, 11) is 0. The quantitative estimate of drug-likeness (QED) is 0.319. The standard InChI is InChI=1S/C25H22FN3O2S/c1-15-13-20(28-25(32)27-16(2)17-7-9-19(26)10-8-17)11-12-21(15)29-24(30)23-14-18-5-3-4-6-22(18)31-23/h3-14,16H,1-2H3,(H,29,30)(H2,27,28,32). The molecule has 162 valence electrons. The van der Waals surface area contributed by atoms with Gasteiger partial charge in [-0.2, -0.15) is 0 Å². The number of fused-ring (bicyclic) bond motifs is 1. The van der Waals surface area contributed by atoms with Crippen molar-refractivity contribution in [1.82, 2.24) is 5.32 Å². The Morgan fingerprint density at radius 1 is 1.00 bits per heavy atom. The van der Waals surface area contributed by atoms with E-state index in [0.29, 0.717) is 16.4 Å². The van der Waals surface area contributed by atoms with E-state index in [1.165, 1.54) is 12.1 Å². The molecule has 7 heteroatoms. The Kier molecular flexibility index (Phi) is 6.18. The number of rotatable bonds is 5. The Bertz CT molecular complexity index is 1250. The van der Waals surface area contributed by atoms with Crippen molar-refractivity contribution in [3.8, 4) is 0 Å². The van der Waals surface area contributed by atoms with Crippen molar-refractivity contribution in [3.63, 3.8) is 0 Å². The lowest BCUT2D eigenvalue weighted by molar-refractivity contribution is 0.0998. The number of furan rings is 1. The first-order valence-corrected chi connectivity index (χ1v) is 10.5. The zero-order valence-electron chi connectivity index (χ0n) is 17.6. The Balaban J connectivity index is 1.38. The van der Waals surface area contributed by atoms with Crippen molar-refractivity contribution in [2.24, 2.45) is 0 Å². The SMILES string of the molecule is Cc1cc(NC(=S)NC(C)c2ccc(F)cc2)ccc1NC(=O)c1cc2ccccc2o1. The third kappa shape index (κ3) is 4.95. The number of carbonyl (C=O) groups is 1. The lowest BCUT2D eigenvalue weighted by atomic mass is 10.1. The topological polar surface area (TPSA) is 66.3 Å². The van der Waals surface area contributed by atoms with Gasteiger partial charge >= 0.3 is 0 Å². The number of hydrogen-bond donors (Lipinski definition) is 3. The number of benzene rings is 3. The predicted molar refractivity (Wildman–Crippen MR) is 130 cm³/mol. The molecule has 1 heterocycles. The Labute approximate surface area is 190 Å². The van der Waals surface area contributed by atoms with Crippen molar-refractivity contribution in [3.05, 3.63) is 95.5 Å². The second-order valence-electron chi connectivity index (χ2n) is 7.50. The molecule has 0 aliphatic carbocycles. The first-order chi connectivity index (χ1) is 15.4.